The first-order valence-electron chi connectivity index (χ1n) is 23.7. The summed E-state index contributed by atoms with van der Waals surface area (Å²) in [5.74, 6) is 0.953. The van der Waals surface area contributed by atoms with E-state index in [0.29, 0.717) is 50.9 Å². The smallest absolute Gasteiger partial charge is 0.162 e. The zero-order valence-corrected chi connectivity index (χ0v) is 39.0. The Morgan fingerprint density at radius 1 is 0.288 bits per heavy atom. The molecule has 0 saturated carbocycles. The van der Waals surface area contributed by atoms with Crippen LogP contribution in [0.1, 0.15) is 16.7 Å². The highest BCUT2D eigenvalue weighted by Gasteiger charge is 2.26. The van der Waals surface area contributed by atoms with E-state index in [1.54, 1.807) is 0 Å². The highest BCUT2D eigenvalue weighted by Crippen LogP contribution is 2.44. The van der Waals surface area contributed by atoms with Crippen LogP contribution in [-0.2, 0) is 0 Å². The Kier molecular flexibility index (Phi) is 11.2. The minimum absolute atomic E-state index is 0.400. The van der Waals surface area contributed by atoms with Crippen LogP contribution in [-0.4, -0.2) is 24.5 Å². The van der Waals surface area contributed by atoms with Crippen LogP contribution in [0.4, 0.5) is 0 Å². The molecule has 9 aromatic carbocycles. The van der Waals surface area contributed by atoms with Gasteiger partial charge < -0.3 is 4.57 Å². The minimum Gasteiger partial charge on any atom is -0.308 e. The lowest BCUT2D eigenvalue weighted by Gasteiger charge is -2.20. The van der Waals surface area contributed by atoms with Crippen LogP contribution < -0.4 is 0 Å². The topological polar surface area (TPSA) is 128 Å². The van der Waals surface area contributed by atoms with E-state index < -0.39 is 0 Å². The molecule has 338 valence electrons. The summed E-state index contributed by atoms with van der Waals surface area (Å²) < 4.78 is 2.26. The van der Waals surface area contributed by atoms with E-state index in [0.717, 1.165) is 83.4 Å². The molecule has 73 heavy (non-hydrogen) atoms. The van der Waals surface area contributed by atoms with Gasteiger partial charge in [-0.1, -0.05) is 158 Å². The first-order valence-corrected chi connectivity index (χ1v) is 23.7. The van der Waals surface area contributed by atoms with Crippen molar-refractivity contribution in [1.29, 1.82) is 15.8 Å². The average molecular weight is 931 g/mol. The van der Waals surface area contributed by atoms with Crippen molar-refractivity contribution in [1.82, 2.24) is 24.5 Å². The number of nitrogens with zero attached hydrogens (tertiary/aromatic N) is 8. The van der Waals surface area contributed by atoms with Crippen molar-refractivity contribution < 1.29 is 0 Å². The number of benzene rings is 9. The standard InChI is InChI=1S/C65H38N8/c66-39-42-21-25-45(26-22-42)51-29-31-61-53(35-51)54-36-52(46-27-23-43(40-67)24-28-46)30-32-62(54)73(61)63-55(60-38-59(49-17-9-3-10-18-49)69-64(72-60)50-19-11-4-12-20-50)33-44(41-68)34-56(63)65-70-57(47-13-5-1-6-14-47)37-58(71-65)48-15-7-2-8-16-48/h1-38H. The molecule has 0 aliphatic carbocycles. The number of hydrogen-bond acceptors (Lipinski definition) is 7. The molecular formula is C65H38N8. The SMILES string of the molecule is N#Cc1ccc(-c2ccc3c(c2)c2cc(-c4ccc(C#N)cc4)ccc2n3-c2c(-c3cc(-c4ccccc4)nc(-c4ccccc4)n3)cc(C#N)cc2-c2nc(-c3ccccc3)cc(-c3ccccc3)n2)cc1. The van der Waals surface area contributed by atoms with E-state index >= 15 is 0 Å². The molecule has 8 heteroatoms. The molecular weight excluding hydrogens is 893 g/mol. The lowest BCUT2D eigenvalue weighted by molar-refractivity contribution is 1.13. The summed E-state index contributed by atoms with van der Waals surface area (Å²) >= 11 is 0. The second-order valence-corrected chi connectivity index (χ2v) is 17.6. The number of rotatable bonds is 9. The van der Waals surface area contributed by atoms with Gasteiger partial charge in [0, 0.05) is 44.2 Å². The van der Waals surface area contributed by atoms with Crippen molar-refractivity contribution in [2.75, 3.05) is 0 Å². The van der Waals surface area contributed by atoms with Gasteiger partial charge in [0.25, 0.3) is 0 Å². The molecule has 0 bridgehead atoms. The van der Waals surface area contributed by atoms with Gasteiger partial charge in [-0.3, -0.25) is 0 Å². The third-order valence-electron chi connectivity index (χ3n) is 13.1. The van der Waals surface area contributed by atoms with E-state index in [9.17, 15) is 15.8 Å². The van der Waals surface area contributed by atoms with Crippen molar-refractivity contribution in [3.63, 3.8) is 0 Å². The summed E-state index contributed by atoms with van der Waals surface area (Å²) in [7, 11) is 0. The van der Waals surface area contributed by atoms with Gasteiger partial charge in [0.1, 0.15) is 0 Å². The molecule has 0 spiro atoms. The van der Waals surface area contributed by atoms with Gasteiger partial charge in [-0.15, -0.1) is 0 Å². The highest BCUT2D eigenvalue weighted by molar-refractivity contribution is 6.13. The van der Waals surface area contributed by atoms with Gasteiger partial charge in [-0.05, 0) is 95.1 Å². The van der Waals surface area contributed by atoms with Gasteiger partial charge >= 0.3 is 0 Å². The molecule has 0 saturated heterocycles. The zero-order chi connectivity index (χ0) is 49.3. The van der Waals surface area contributed by atoms with Crippen LogP contribution in [0, 0.1) is 34.0 Å². The van der Waals surface area contributed by atoms with Gasteiger partial charge in [0.15, 0.2) is 11.6 Å². The van der Waals surface area contributed by atoms with Crippen LogP contribution in [0.3, 0.4) is 0 Å². The lowest BCUT2D eigenvalue weighted by Crippen LogP contribution is -2.06. The molecule has 0 N–H and O–H groups in total. The van der Waals surface area contributed by atoms with Crippen molar-refractivity contribution in [3.05, 3.63) is 247 Å². The Labute approximate surface area is 421 Å². The number of aromatic nitrogens is 5. The Bertz CT molecular complexity index is 3810. The minimum atomic E-state index is 0.400. The lowest BCUT2D eigenvalue weighted by atomic mass is 9.97. The molecule has 0 atom stereocenters. The van der Waals surface area contributed by atoms with E-state index in [2.05, 4.69) is 59.2 Å². The second kappa shape index (κ2) is 18.7. The number of hydrogen-bond donors (Lipinski definition) is 0. The first kappa shape index (κ1) is 43.7. The summed E-state index contributed by atoms with van der Waals surface area (Å²) in [6.45, 7) is 0. The maximum absolute atomic E-state index is 11.1. The molecule has 0 aliphatic rings. The fourth-order valence-corrected chi connectivity index (χ4v) is 9.54. The van der Waals surface area contributed by atoms with E-state index in [1.165, 1.54) is 0 Å². The average Bonchev–Trinajstić information content (AvgIpc) is 3.80. The molecule has 3 heterocycles. The van der Waals surface area contributed by atoms with Gasteiger partial charge in [0.05, 0.1) is 74.4 Å². The van der Waals surface area contributed by atoms with Crippen LogP contribution >= 0.6 is 0 Å². The Morgan fingerprint density at radius 2 is 0.658 bits per heavy atom. The Balaban J connectivity index is 1.22. The number of nitriles is 3. The molecule has 3 aromatic heterocycles. The summed E-state index contributed by atoms with van der Waals surface area (Å²) in [4.78, 5) is 21.3. The van der Waals surface area contributed by atoms with Gasteiger partial charge in [-0.25, -0.2) is 19.9 Å². The van der Waals surface area contributed by atoms with Crippen molar-refractivity contribution in [3.8, 4) is 114 Å². The van der Waals surface area contributed by atoms with Crippen LogP contribution in [0.5, 0.6) is 0 Å². The number of fused-ring (bicyclic) bond motifs is 3. The Hall–Kier alpha value is -10.6. The predicted molar refractivity (Wildman–Crippen MR) is 290 cm³/mol. The van der Waals surface area contributed by atoms with Crippen LogP contribution in [0.25, 0.3) is 118 Å². The third kappa shape index (κ3) is 8.32. The quantitative estimate of drug-likeness (QED) is 0.141. The molecule has 12 rings (SSSR count). The van der Waals surface area contributed by atoms with Crippen LogP contribution in [0.15, 0.2) is 231 Å². The monoisotopic (exact) mass is 930 g/mol. The van der Waals surface area contributed by atoms with Gasteiger partial charge in [0.2, 0.25) is 0 Å². The fraction of sp³-hybridized carbons (Fsp3) is 0. The van der Waals surface area contributed by atoms with E-state index in [4.69, 9.17) is 19.9 Å². The normalized spacial score (nSPS) is 11.0. The van der Waals surface area contributed by atoms with Crippen molar-refractivity contribution in [2.45, 2.75) is 0 Å². The molecule has 0 amide bonds. The molecule has 12 aromatic rings. The van der Waals surface area contributed by atoms with Gasteiger partial charge in [-0.2, -0.15) is 15.8 Å². The summed E-state index contributed by atoms with van der Waals surface area (Å²) in [6, 6.07) is 83.1. The molecule has 0 fully saturated rings. The van der Waals surface area contributed by atoms with E-state index in [-0.39, 0.29) is 0 Å². The zero-order valence-electron chi connectivity index (χ0n) is 39.0. The molecule has 0 unspecified atom stereocenters. The Morgan fingerprint density at radius 3 is 1.10 bits per heavy atom. The molecule has 0 aliphatic heterocycles. The molecule has 8 nitrogen and oxygen atoms in total. The second-order valence-electron chi connectivity index (χ2n) is 17.6. The van der Waals surface area contributed by atoms with Crippen molar-refractivity contribution >= 4 is 21.8 Å². The summed E-state index contributed by atoms with van der Waals surface area (Å²) in [5.41, 5.74) is 15.6. The largest absolute Gasteiger partial charge is 0.308 e. The van der Waals surface area contributed by atoms with Crippen LogP contribution in [0.2, 0.25) is 0 Å². The maximum atomic E-state index is 11.1. The first-order chi connectivity index (χ1) is 36.0. The van der Waals surface area contributed by atoms with Crippen molar-refractivity contribution in [2.24, 2.45) is 0 Å². The predicted octanol–water partition coefficient (Wildman–Crippen LogP) is 15.3. The van der Waals surface area contributed by atoms with E-state index in [1.807, 2.05) is 194 Å². The fourth-order valence-electron chi connectivity index (χ4n) is 9.54. The molecule has 0 radical (unpaired) electrons. The highest BCUT2D eigenvalue weighted by atomic mass is 15.0. The maximum Gasteiger partial charge on any atom is 0.162 e. The summed E-state index contributed by atoms with van der Waals surface area (Å²) in [6.07, 6.45) is 0. The third-order valence-corrected chi connectivity index (χ3v) is 13.1. The summed E-state index contributed by atoms with van der Waals surface area (Å²) in [5, 5.41) is 32.3.